The van der Waals surface area contributed by atoms with Crippen LogP contribution in [0.2, 0.25) is 0 Å². The lowest BCUT2D eigenvalue weighted by atomic mass is 10.1. The third-order valence-electron chi connectivity index (χ3n) is 1.79. The van der Waals surface area contributed by atoms with Crippen molar-refractivity contribution in [2.24, 2.45) is 0 Å². The zero-order chi connectivity index (χ0) is 10.1. The number of carbonyl (C=O) groups is 1. The largest absolute Gasteiger partial charge is 0.480 e. The second-order valence-corrected chi connectivity index (χ2v) is 2.81. The fourth-order valence-corrected chi connectivity index (χ4v) is 1.10. The van der Waals surface area contributed by atoms with Crippen LogP contribution in [-0.4, -0.2) is 42.4 Å². The van der Waals surface area contributed by atoms with Gasteiger partial charge in [-0.2, -0.15) is 13.2 Å². The van der Waals surface area contributed by atoms with E-state index in [0.29, 0.717) is 0 Å². The third-order valence-corrected chi connectivity index (χ3v) is 1.79. The summed E-state index contributed by atoms with van der Waals surface area (Å²) >= 11 is 0. The maximum Gasteiger partial charge on any atom is 0.405 e. The quantitative estimate of drug-likeness (QED) is 0.534. The van der Waals surface area contributed by atoms with Gasteiger partial charge in [0.05, 0.1) is 0 Å². The summed E-state index contributed by atoms with van der Waals surface area (Å²) in [5.74, 6) is -1.28. The van der Waals surface area contributed by atoms with Gasteiger partial charge in [0.25, 0.3) is 0 Å². The Balaban J connectivity index is 2.57. The third kappa shape index (κ3) is 2.56. The van der Waals surface area contributed by atoms with Crippen molar-refractivity contribution in [3.05, 3.63) is 0 Å². The average molecular weight is 198 g/mol. The molecule has 0 saturated carbocycles. The molecule has 1 saturated heterocycles. The Morgan fingerprint density at radius 2 is 2.00 bits per heavy atom. The normalized spacial score (nSPS) is 30.1. The van der Waals surface area contributed by atoms with Crippen LogP contribution in [0.5, 0.6) is 0 Å². The molecule has 4 nitrogen and oxygen atoms in total. The zero-order valence-corrected chi connectivity index (χ0v) is 6.56. The smallest absolute Gasteiger partial charge is 0.405 e. The Kier molecular flexibility index (Phi) is 2.77. The van der Waals surface area contributed by atoms with Gasteiger partial charge < -0.3 is 10.4 Å². The molecule has 2 atom stereocenters. The Morgan fingerprint density at radius 1 is 1.38 bits per heavy atom. The van der Waals surface area contributed by atoms with Crippen LogP contribution in [0.25, 0.3) is 0 Å². The van der Waals surface area contributed by atoms with Crippen LogP contribution < -0.4 is 10.6 Å². The van der Waals surface area contributed by atoms with E-state index < -0.39 is 24.2 Å². The molecule has 1 heterocycles. The highest BCUT2D eigenvalue weighted by Crippen LogP contribution is 2.21. The summed E-state index contributed by atoms with van der Waals surface area (Å²) in [7, 11) is 0. The monoisotopic (exact) mass is 198 g/mol. The minimum atomic E-state index is -4.40. The topological polar surface area (TPSA) is 61.4 Å². The lowest BCUT2D eigenvalue weighted by Gasteiger charge is -2.30. The maximum atomic E-state index is 12.1. The van der Waals surface area contributed by atoms with Gasteiger partial charge in [0.2, 0.25) is 0 Å². The van der Waals surface area contributed by atoms with E-state index in [9.17, 15) is 18.0 Å². The van der Waals surface area contributed by atoms with Crippen molar-refractivity contribution in [1.82, 2.24) is 10.6 Å². The Bertz CT molecular complexity index is 207. The molecule has 0 aromatic carbocycles. The molecule has 0 aromatic heterocycles. The zero-order valence-electron chi connectivity index (χ0n) is 6.56. The van der Waals surface area contributed by atoms with Crippen molar-refractivity contribution in [2.45, 2.75) is 18.3 Å². The molecule has 0 spiro atoms. The van der Waals surface area contributed by atoms with Crippen molar-refractivity contribution in [2.75, 3.05) is 13.1 Å². The molecule has 13 heavy (non-hydrogen) atoms. The highest BCUT2D eigenvalue weighted by Gasteiger charge is 2.43. The van der Waals surface area contributed by atoms with Crippen LogP contribution in [-0.2, 0) is 4.79 Å². The van der Waals surface area contributed by atoms with E-state index in [1.54, 1.807) is 0 Å². The molecule has 0 aliphatic carbocycles. The lowest BCUT2D eigenvalue weighted by molar-refractivity contribution is -0.164. The number of carboxylic acid groups (broad SMARTS) is 1. The van der Waals surface area contributed by atoms with Crippen LogP contribution in [0.15, 0.2) is 0 Å². The molecule has 1 fully saturated rings. The Labute approximate surface area is 72.1 Å². The predicted octanol–water partition coefficient (Wildman–Crippen LogP) is -0.437. The predicted molar refractivity (Wildman–Crippen MR) is 37.3 cm³/mol. The number of halogens is 3. The van der Waals surface area contributed by atoms with E-state index in [2.05, 4.69) is 5.32 Å². The molecule has 7 heteroatoms. The van der Waals surface area contributed by atoms with Gasteiger partial charge in [-0.25, -0.2) is 0 Å². The van der Waals surface area contributed by atoms with Crippen LogP contribution in [0.4, 0.5) is 13.2 Å². The summed E-state index contributed by atoms with van der Waals surface area (Å²) in [6.45, 7) is -0.269. The van der Waals surface area contributed by atoms with Crippen LogP contribution in [0.3, 0.4) is 0 Å². The Hall–Kier alpha value is -0.820. The van der Waals surface area contributed by atoms with Gasteiger partial charge in [-0.1, -0.05) is 0 Å². The number of carboxylic acids is 1. The first-order chi connectivity index (χ1) is 5.91. The highest BCUT2D eigenvalue weighted by atomic mass is 19.4. The molecule has 0 amide bonds. The van der Waals surface area contributed by atoms with Crippen molar-refractivity contribution >= 4 is 5.97 Å². The highest BCUT2D eigenvalue weighted by molar-refractivity contribution is 5.74. The SMILES string of the molecule is O=C(O)C1CNCC(C(F)(F)F)N1. The molecule has 0 aromatic rings. The molecular weight excluding hydrogens is 189 g/mol. The average Bonchev–Trinajstić information content (AvgIpc) is 2.03. The molecule has 2 unspecified atom stereocenters. The fraction of sp³-hybridized carbons (Fsp3) is 0.833. The van der Waals surface area contributed by atoms with Crippen molar-refractivity contribution in [3.8, 4) is 0 Å². The van der Waals surface area contributed by atoms with E-state index in [4.69, 9.17) is 5.11 Å². The first-order valence-electron chi connectivity index (χ1n) is 3.67. The van der Waals surface area contributed by atoms with Gasteiger partial charge in [0, 0.05) is 13.1 Å². The number of hydrogen-bond donors (Lipinski definition) is 3. The Morgan fingerprint density at radius 3 is 2.46 bits per heavy atom. The number of aliphatic carboxylic acids is 1. The van der Waals surface area contributed by atoms with Gasteiger partial charge in [-0.05, 0) is 0 Å². The minimum absolute atomic E-state index is 0.0158. The van der Waals surface area contributed by atoms with Gasteiger partial charge in [0.15, 0.2) is 0 Å². The number of piperazine rings is 1. The van der Waals surface area contributed by atoms with Crippen molar-refractivity contribution in [1.29, 1.82) is 0 Å². The lowest BCUT2D eigenvalue weighted by Crippen LogP contribution is -2.62. The van der Waals surface area contributed by atoms with E-state index in [0.717, 1.165) is 0 Å². The van der Waals surface area contributed by atoms with Crippen LogP contribution >= 0.6 is 0 Å². The van der Waals surface area contributed by atoms with Crippen molar-refractivity contribution < 1.29 is 23.1 Å². The van der Waals surface area contributed by atoms with Crippen molar-refractivity contribution in [3.63, 3.8) is 0 Å². The summed E-state index contributed by atoms with van der Waals surface area (Å²) in [5, 5.41) is 12.9. The number of hydrogen-bond acceptors (Lipinski definition) is 3. The van der Waals surface area contributed by atoms with Gasteiger partial charge in [-0.15, -0.1) is 0 Å². The van der Waals surface area contributed by atoms with Crippen LogP contribution in [0.1, 0.15) is 0 Å². The minimum Gasteiger partial charge on any atom is -0.480 e. The molecule has 1 rings (SSSR count). The first-order valence-corrected chi connectivity index (χ1v) is 3.67. The molecule has 1 aliphatic heterocycles. The summed E-state index contributed by atoms with van der Waals surface area (Å²) in [5.41, 5.74) is 0. The maximum absolute atomic E-state index is 12.1. The molecule has 3 N–H and O–H groups in total. The number of alkyl halides is 3. The molecule has 0 radical (unpaired) electrons. The summed E-state index contributed by atoms with van der Waals surface area (Å²) in [6, 6.07) is -2.94. The van der Waals surface area contributed by atoms with Gasteiger partial charge >= 0.3 is 12.1 Å². The second-order valence-electron chi connectivity index (χ2n) is 2.81. The van der Waals surface area contributed by atoms with Crippen LogP contribution in [0, 0.1) is 0 Å². The standard InChI is InChI=1S/C6H9F3N2O2/c7-6(8,9)4-2-10-1-3(11-4)5(12)13/h3-4,10-11H,1-2H2,(H,12,13). The van der Waals surface area contributed by atoms with E-state index in [-0.39, 0.29) is 13.1 Å². The van der Waals surface area contributed by atoms with Gasteiger partial charge in [-0.3, -0.25) is 10.1 Å². The molecule has 1 aliphatic rings. The first kappa shape index (κ1) is 10.3. The summed E-state index contributed by atoms with van der Waals surface area (Å²) in [4.78, 5) is 10.4. The summed E-state index contributed by atoms with van der Waals surface area (Å²) < 4.78 is 36.2. The molecule has 76 valence electrons. The van der Waals surface area contributed by atoms with E-state index in [1.165, 1.54) is 0 Å². The van der Waals surface area contributed by atoms with Gasteiger partial charge in [0.1, 0.15) is 12.1 Å². The second kappa shape index (κ2) is 3.51. The number of rotatable bonds is 1. The molecular formula is C6H9F3N2O2. The fourth-order valence-electron chi connectivity index (χ4n) is 1.10. The summed E-state index contributed by atoms with van der Waals surface area (Å²) in [6.07, 6.45) is -4.40. The van der Waals surface area contributed by atoms with E-state index in [1.807, 2.05) is 5.32 Å². The van der Waals surface area contributed by atoms with E-state index >= 15 is 0 Å². The number of nitrogens with one attached hydrogen (secondary N) is 2. The molecule has 0 bridgehead atoms.